The summed E-state index contributed by atoms with van der Waals surface area (Å²) in [5.41, 5.74) is 0.716. The van der Waals surface area contributed by atoms with Crippen LogP contribution in [-0.2, 0) is 11.1 Å². The normalized spacial score (nSPS) is 12.9. The lowest BCUT2D eigenvalue weighted by Gasteiger charge is -2.21. The average molecular weight is 325 g/mol. The molecule has 0 amide bonds. The van der Waals surface area contributed by atoms with Crippen LogP contribution in [0.3, 0.4) is 0 Å². The van der Waals surface area contributed by atoms with Crippen molar-refractivity contribution in [2.45, 2.75) is 12.3 Å². The van der Waals surface area contributed by atoms with Crippen molar-refractivity contribution in [1.29, 1.82) is 0 Å². The van der Waals surface area contributed by atoms with Gasteiger partial charge in [0.25, 0.3) is 0 Å². The molecule has 0 saturated heterocycles. The number of hydrogen-bond acceptors (Lipinski definition) is 3. The molecule has 0 radical (unpaired) electrons. The maximum absolute atomic E-state index is 13.6. The zero-order chi connectivity index (χ0) is 16.2. The Morgan fingerprint density at radius 2 is 1.95 bits per heavy atom. The first-order chi connectivity index (χ1) is 10.4. The Kier molecular flexibility index (Phi) is 5.32. The summed E-state index contributed by atoms with van der Waals surface area (Å²) < 4.78 is 30.4. The van der Waals surface area contributed by atoms with E-state index in [1.54, 1.807) is 36.4 Å². The Bertz CT molecular complexity index is 689. The van der Waals surface area contributed by atoms with Gasteiger partial charge in [-0.25, -0.2) is 4.39 Å². The van der Waals surface area contributed by atoms with Crippen LogP contribution in [0, 0.1) is 5.82 Å². The second kappa shape index (κ2) is 7.03. The quantitative estimate of drug-likeness (QED) is 0.712. The highest BCUT2D eigenvalue weighted by atomic mass is 31.2. The second-order valence-corrected chi connectivity index (χ2v) is 6.44. The molecule has 5 nitrogen and oxygen atoms in total. The first-order valence-corrected chi connectivity index (χ1v) is 8.26. The van der Waals surface area contributed by atoms with Crippen LogP contribution >= 0.6 is 7.60 Å². The minimum Gasteiger partial charge on any atom is -0.497 e. The Balaban J connectivity index is 2.24. The number of ether oxygens (including phenoxy) is 1. The molecule has 3 N–H and O–H groups in total. The molecule has 0 aliphatic rings. The van der Waals surface area contributed by atoms with E-state index in [9.17, 15) is 18.7 Å². The van der Waals surface area contributed by atoms with E-state index < -0.39 is 19.2 Å². The zero-order valence-electron chi connectivity index (χ0n) is 11.9. The van der Waals surface area contributed by atoms with Gasteiger partial charge in [0, 0.05) is 12.1 Å². The Labute approximate surface area is 127 Å². The fourth-order valence-corrected chi connectivity index (χ4v) is 2.97. The molecule has 1 unspecified atom stereocenters. The van der Waals surface area contributed by atoms with Gasteiger partial charge in [0.05, 0.1) is 7.11 Å². The second-order valence-electron chi connectivity index (χ2n) is 4.74. The molecule has 22 heavy (non-hydrogen) atoms. The van der Waals surface area contributed by atoms with Gasteiger partial charge >= 0.3 is 7.60 Å². The number of halogens is 1. The zero-order valence-corrected chi connectivity index (χ0v) is 12.8. The van der Waals surface area contributed by atoms with Crippen molar-refractivity contribution in [2.24, 2.45) is 0 Å². The Morgan fingerprint density at radius 3 is 2.59 bits per heavy atom. The largest absolute Gasteiger partial charge is 0.497 e. The highest BCUT2D eigenvalue weighted by Crippen LogP contribution is 2.50. The molecule has 2 aromatic carbocycles. The number of benzene rings is 2. The van der Waals surface area contributed by atoms with Crippen molar-refractivity contribution in [2.75, 3.05) is 7.11 Å². The summed E-state index contributed by atoms with van der Waals surface area (Å²) in [5, 5.41) is 2.73. The lowest BCUT2D eigenvalue weighted by molar-refractivity contribution is 0.346. The van der Waals surface area contributed by atoms with E-state index in [2.05, 4.69) is 5.32 Å². The maximum Gasteiger partial charge on any atom is 0.346 e. The Morgan fingerprint density at radius 1 is 1.23 bits per heavy atom. The molecule has 0 aliphatic heterocycles. The lowest BCUT2D eigenvalue weighted by atomic mass is 10.2. The summed E-state index contributed by atoms with van der Waals surface area (Å²) in [7, 11) is -3.00. The van der Waals surface area contributed by atoms with Crippen LogP contribution in [0.1, 0.15) is 16.9 Å². The van der Waals surface area contributed by atoms with Crippen LogP contribution in [0.25, 0.3) is 0 Å². The molecule has 0 fully saturated rings. The molecule has 0 spiro atoms. The fourth-order valence-electron chi connectivity index (χ4n) is 2.09. The molecule has 0 aliphatic carbocycles. The van der Waals surface area contributed by atoms with Crippen LogP contribution in [0.15, 0.2) is 48.5 Å². The van der Waals surface area contributed by atoms with Crippen LogP contribution in [-0.4, -0.2) is 16.9 Å². The molecule has 0 saturated carbocycles. The van der Waals surface area contributed by atoms with Gasteiger partial charge in [-0.3, -0.25) is 9.88 Å². The summed E-state index contributed by atoms with van der Waals surface area (Å²) in [6, 6.07) is 12.5. The van der Waals surface area contributed by atoms with Gasteiger partial charge in [-0.15, -0.1) is 0 Å². The molecule has 0 heterocycles. The van der Waals surface area contributed by atoms with E-state index in [1.165, 1.54) is 19.2 Å². The topological polar surface area (TPSA) is 78.8 Å². The van der Waals surface area contributed by atoms with E-state index in [-0.39, 0.29) is 6.54 Å². The predicted molar refractivity (Wildman–Crippen MR) is 81.0 cm³/mol. The van der Waals surface area contributed by atoms with E-state index >= 15 is 0 Å². The third-order valence-corrected chi connectivity index (χ3v) is 4.34. The molecular weight excluding hydrogens is 308 g/mol. The number of methoxy groups -OCH3 is 1. The standard InChI is InChI=1S/C15H17FNO4P/c1-21-13-7-4-6-11(9-13)15(22(18,19)20)17-10-12-5-2-3-8-14(12)16/h2-9,15,17H,10H2,1H3,(H2,18,19,20). The molecular formula is C15H17FNO4P. The minimum atomic E-state index is -4.47. The molecule has 0 bridgehead atoms. The molecule has 118 valence electrons. The number of nitrogens with one attached hydrogen (secondary N) is 1. The van der Waals surface area contributed by atoms with Crippen molar-refractivity contribution in [3.05, 3.63) is 65.5 Å². The van der Waals surface area contributed by atoms with Crippen LogP contribution in [0.5, 0.6) is 5.75 Å². The van der Waals surface area contributed by atoms with E-state index in [4.69, 9.17) is 4.74 Å². The van der Waals surface area contributed by atoms with Crippen molar-refractivity contribution < 1.29 is 23.5 Å². The minimum absolute atomic E-state index is 0.000338. The number of hydrogen-bond donors (Lipinski definition) is 3. The van der Waals surface area contributed by atoms with E-state index in [1.807, 2.05) is 0 Å². The molecule has 1 atom stereocenters. The SMILES string of the molecule is COc1cccc(C(NCc2ccccc2F)P(=O)(O)O)c1. The van der Waals surface area contributed by atoms with E-state index in [0.717, 1.165) is 0 Å². The molecule has 0 aromatic heterocycles. The molecule has 7 heteroatoms. The highest BCUT2D eigenvalue weighted by Gasteiger charge is 2.30. The van der Waals surface area contributed by atoms with Crippen LogP contribution in [0.2, 0.25) is 0 Å². The third kappa shape index (κ3) is 4.15. The van der Waals surface area contributed by atoms with Gasteiger partial charge in [0.15, 0.2) is 0 Å². The van der Waals surface area contributed by atoms with Crippen molar-refractivity contribution in [1.82, 2.24) is 5.32 Å². The first kappa shape index (κ1) is 16.6. The monoisotopic (exact) mass is 325 g/mol. The maximum atomic E-state index is 13.6. The summed E-state index contributed by atoms with van der Waals surface area (Å²) in [5.74, 6) is -1.17. The van der Waals surface area contributed by atoms with Gasteiger partial charge in [-0.2, -0.15) is 0 Å². The Hall–Kier alpha value is -1.72. The average Bonchev–Trinajstić information content (AvgIpc) is 2.48. The summed E-state index contributed by atoms with van der Waals surface area (Å²) in [4.78, 5) is 19.1. The van der Waals surface area contributed by atoms with Crippen LogP contribution < -0.4 is 10.1 Å². The van der Waals surface area contributed by atoms with Gasteiger partial charge in [-0.05, 0) is 23.8 Å². The highest BCUT2D eigenvalue weighted by molar-refractivity contribution is 7.52. The van der Waals surface area contributed by atoms with Gasteiger partial charge < -0.3 is 14.5 Å². The summed E-state index contributed by atoms with van der Waals surface area (Å²) in [6.07, 6.45) is 0. The van der Waals surface area contributed by atoms with E-state index in [0.29, 0.717) is 16.9 Å². The van der Waals surface area contributed by atoms with Gasteiger partial charge in [-0.1, -0.05) is 30.3 Å². The van der Waals surface area contributed by atoms with Gasteiger partial charge in [0.1, 0.15) is 17.3 Å². The van der Waals surface area contributed by atoms with Crippen molar-refractivity contribution in [3.63, 3.8) is 0 Å². The van der Waals surface area contributed by atoms with Crippen molar-refractivity contribution >= 4 is 7.60 Å². The van der Waals surface area contributed by atoms with Crippen molar-refractivity contribution in [3.8, 4) is 5.75 Å². The summed E-state index contributed by atoms with van der Waals surface area (Å²) >= 11 is 0. The summed E-state index contributed by atoms with van der Waals surface area (Å²) in [6.45, 7) is -0.000338. The van der Waals surface area contributed by atoms with Gasteiger partial charge in [0.2, 0.25) is 0 Å². The smallest absolute Gasteiger partial charge is 0.346 e. The lowest BCUT2D eigenvalue weighted by Crippen LogP contribution is -2.21. The number of rotatable bonds is 6. The fraction of sp³-hybridized carbons (Fsp3) is 0.200. The predicted octanol–water partition coefficient (Wildman–Crippen LogP) is 2.80. The molecule has 2 aromatic rings. The first-order valence-electron chi connectivity index (χ1n) is 6.58. The van der Waals surface area contributed by atoms with Crippen LogP contribution in [0.4, 0.5) is 4.39 Å². The third-order valence-electron chi connectivity index (χ3n) is 3.19. The molecule has 2 rings (SSSR count).